The number of phenolic OH excluding ortho intramolecular Hbond substituents is 1. The molecule has 12 heteroatoms. The van der Waals surface area contributed by atoms with Crippen LogP contribution in [-0.4, -0.2) is 54.9 Å². The van der Waals surface area contributed by atoms with Crippen LogP contribution < -0.4 is 5.73 Å². The third kappa shape index (κ3) is 2.47. The largest absolute Gasteiger partial charge is 0.502 e. The maximum absolute atomic E-state index is 13.4. The van der Waals surface area contributed by atoms with Gasteiger partial charge in [0.15, 0.2) is 34.7 Å². The van der Waals surface area contributed by atoms with E-state index < -0.39 is 92.3 Å². The van der Waals surface area contributed by atoms with Gasteiger partial charge in [-0.25, -0.2) is 0 Å². The zero-order chi connectivity index (χ0) is 23.9. The van der Waals surface area contributed by atoms with Crippen molar-refractivity contribution in [1.82, 2.24) is 0 Å². The van der Waals surface area contributed by atoms with Crippen molar-refractivity contribution in [3.63, 3.8) is 0 Å². The van der Waals surface area contributed by atoms with E-state index in [1.807, 2.05) is 0 Å². The van der Waals surface area contributed by atoms with Crippen LogP contribution in [0.25, 0.3) is 0 Å². The standard InChI is InChI=1S/C20H18N2O10/c1-19(29)7-2-3-9(22(31)32)14(24)11(7)15(25)12-8(19)4-6-5-10(23)13(18(21)28)17(27)20(6,30)16(12)26/h2-3,6,8,12-13,24,29-30H,4-5H2,1H3,(H2,21,28)/t6-,8-,12?,13?,19+,20-/m0/s1. The second kappa shape index (κ2) is 6.50. The van der Waals surface area contributed by atoms with Crippen molar-refractivity contribution >= 4 is 34.7 Å². The van der Waals surface area contributed by atoms with Crippen molar-refractivity contribution in [2.24, 2.45) is 29.4 Å². The molecule has 2 unspecified atom stereocenters. The lowest BCUT2D eigenvalue weighted by Crippen LogP contribution is -2.69. The Balaban J connectivity index is 1.91. The average Bonchev–Trinajstić information content (AvgIpc) is 2.68. The van der Waals surface area contributed by atoms with Gasteiger partial charge in [-0.05, 0) is 25.0 Å². The van der Waals surface area contributed by atoms with E-state index >= 15 is 0 Å². The average molecular weight is 446 g/mol. The lowest BCUT2D eigenvalue weighted by molar-refractivity contribution is -0.385. The number of primary amides is 1. The van der Waals surface area contributed by atoms with Crippen LogP contribution in [0, 0.1) is 33.8 Å². The molecule has 32 heavy (non-hydrogen) atoms. The van der Waals surface area contributed by atoms with Gasteiger partial charge in [-0.3, -0.25) is 34.1 Å². The van der Waals surface area contributed by atoms with Gasteiger partial charge in [0, 0.05) is 24.3 Å². The number of hydrogen-bond acceptors (Lipinski definition) is 10. The van der Waals surface area contributed by atoms with E-state index in [0.29, 0.717) is 0 Å². The fourth-order valence-electron chi connectivity index (χ4n) is 5.41. The molecule has 168 valence electrons. The minimum absolute atomic E-state index is 0.159. The SMILES string of the molecule is C[C@@]1(O)c2ccc([N+](=O)[O-])c(O)c2C(=O)C2C(=O)[C@]3(O)C(=O)C(C(N)=O)C(=O)C[C@@H]3C[C@@H]21. The zero-order valence-corrected chi connectivity index (χ0v) is 16.6. The van der Waals surface area contributed by atoms with Gasteiger partial charge in [0.2, 0.25) is 11.7 Å². The van der Waals surface area contributed by atoms with Gasteiger partial charge in [-0.1, -0.05) is 0 Å². The molecule has 3 aliphatic rings. The molecule has 6 atom stereocenters. The summed E-state index contributed by atoms with van der Waals surface area (Å²) in [5.74, 6) is -13.6. The highest BCUT2D eigenvalue weighted by atomic mass is 16.6. The molecule has 0 aromatic heterocycles. The number of benzene rings is 1. The maximum atomic E-state index is 13.4. The second-order valence-electron chi connectivity index (χ2n) is 8.64. The number of carbonyl (C=O) groups is 5. The Hall–Kier alpha value is -3.51. The molecular weight excluding hydrogens is 428 g/mol. The lowest BCUT2D eigenvalue weighted by atomic mass is 9.51. The van der Waals surface area contributed by atoms with Gasteiger partial charge < -0.3 is 21.1 Å². The molecule has 0 aliphatic heterocycles. The highest BCUT2D eigenvalue weighted by Gasteiger charge is 2.68. The minimum Gasteiger partial charge on any atom is -0.502 e. The summed E-state index contributed by atoms with van der Waals surface area (Å²) in [6.45, 7) is 1.23. The summed E-state index contributed by atoms with van der Waals surface area (Å²) in [7, 11) is 0. The number of aromatic hydroxyl groups is 1. The fraction of sp³-hybridized carbons (Fsp3) is 0.450. The van der Waals surface area contributed by atoms with Crippen LogP contribution in [0.2, 0.25) is 0 Å². The first-order chi connectivity index (χ1) is 14.8. The molecule has 5 N–H and O–H groups in total. The first-order valence-electron chi connectivity index (χ1n) is 9.66. The number of carbonyl (C=O) groups excluding carboxylic acids is 5. The Kier molecular flexibility index (Phi) is 4.41. The van der Waals surface area contributed by atoms with Crippen molar-refractivity contribution in [2.75, 3.05) is 0 Å². The zero-order valence-electron chi connectivity index (χ0n) is 16.6. The summed E-state index contributed by atoms with van der Waals surface area (Å²) in [5.41, 5.74) is -1.42. The smallest absolute Gasteiger partial charge is 0.311 e. The fourth-order valence-corrected chi connectivity index (χ4v) is 5.41. The molecule has 2 saturated carbocycles. The number of nitrogens with two attached hydrogens (primary N) is 1. The van der Waals surface area contributed by atoms with Crippen LogP contribution in [0.4, 0.5) is 5.69 Å². The number of nitro benzene ring substituents is 1. The second-order valence-corrected chi connectivity index (χ2v) is 8.64. The summed E-state index contributed by atoms with van der Waals surface area (Å²) in [4.78, 5) is 73.6. The normalized spacial score (nSPS) is 36.2. The number of ketones is 4. The first-order valence-corrected chi connectivity index (χ1v) is 9.66. The van der Waals surface area contributed by atoms with E-state index in [9.17, 15) is 49.4 Å². The molecule has 0 saturated heterocycles. The van der Waals surface area contributed by atoms with E-state index in [-0.39, 0.29) is 12.0 Å². The van der Waals surface area contributed by atoms with Crippen molar-refractivity contribution in [1.29, 1.82) is 0 Å². The van der Waals surface area contributed by atoms with Crippen LogP contribution >= 0.6 is 0 Å². The Morgan fingerprint density at radius 2 is 1.81 bits per heavy atom. The van der Waals surface area contributed by atoms with Gasteiger partial charge in [-0.2, -0.15) is 0 Å². The molecule has 12 nitrogen and oxygen atoms in total. The number of fused-ring (bicyclic) bond motifs is 3. The molecular formula is C20H18N2O10. The predicted molar refractivity (Wildman–Crippen MR) is 101 cm³/mol. The summed E-state index contributed by atoms with van der Waals surface area (Å²) >= 11 is 0. The number of amides is 1. The van der Waals surface area contributed by atoms with Crippen LogP contribution in [0.3, 0.4) is 0 Å². The van der Waals surface area contributed by atoms with Crippen LogP contribution in [0.5, 0.6) is 5.75 Å². The molecule has 0 bridgehead atoms. The number of aliphatic hydroxyl groups is 2. The van der Waals surface area contributed by atoms with Crippen LogP contribution in [-0.2, 0) is 24.8 Å². The molecule has 0 radical (unpaired) electrons. The topological polar surface area (TPSA) is 215 Å². The Morgan fingerprint density at radius 1 is 1.19 bits per heavy atom. The Labute approximate surface area is 179 Å². The quantitative estimate of drug-likeness (QED) is 0.244. The number of rotatable bonds is 2. The van der Waals surface area contributed by atoms with E-state index in [4.69, 9.17) is 5.73 Å². The van der Waals surface area contributed by atoms with E-state index in [2.05, 4.69) is 0 Å². The first kappa shape index (κ1) is 21.7. The van der Waals surface area contributed by atoms with Gasteiger partial charge in [0.25, 0.3) is 0 Å². The van der Waals surface area contributed by atoms with E-state index in [0.717, 1.165) is 12.1 Å². The maximum Gasteiger partial charge on any atom is 0.311 e. The Morgan fingerprint density at radius 3 is 2.38 bits per heavy atom. The molecule has 3 aliphatic carbocycles. The van der Waals surface area contributed by atoms with E-state index in [1.54, 1.807) is 0 Å². The number of nitrogens with zero attached hydrogens (tertiary/aromatic N) is 1. The molecule has 2 fully saturated rings. The number of phenols is 1. The van der Waals surface area contributed by atoms with Gasteiger partial charge in [-0.15, -0.1) is 0 Å². The molecule has 1 aromatic carbocycles. The number of hydrogen-bond donors (Lipinski definition) is 4. The molecule has 4 rings (SSSR count). The van der Waals surface area contributed by atoms with Crippen LogP contribution in [0.1, 0.15) is 35.7 Å². The lowest BCUT2D eigenvalue weighted by Gasteiger charge is -2.52. The minimum atomic E-state index is -2.88. The van der Waals surface area contributed by atoms with Crippen molar-refractivity contribution in [2.45, 2.75) is 31.0 Å². The Bertz CT molecular complexity index is 1160. The van der Waals surface area contributed by atoms with Crippen molar-refractivity contribution < 1.29 is 44.2 Å². The summed E-state index contributed by atoms with van der Waals surface area (Å²) in [6, 6.07) is 2.00. The number of nitro groups is 1. The van der Waals surface area contributed by atoms with Crippen LogP contribution in [0.15, 0.2) is 12.1 Å². The summed E-state index contributed by atoms with van der Waals surface area (Å²) in [5, 5.41) is 43.9. The third-order valence-electron chi connectivity index (χ3n) is 7.03. The van der Waals surface area contributed by atoms with Crippen molar-refractivity contribution in [3.05, 3.63) is 33.4 Å². The van der Waals surface area contributed by atoms with Gasteiger partial charge in [0.05, 0.1) is 22.0 Å². The number of Topliss-reactive ketones (excluding diaryl/α,β-unsaturated/α-hetero) is 4. The molecule has 1 amide bonds. The molecule has 0 heterocycles. The van der Waals surface area contributed by atoms with E-state index in [1.165, 1.54) is 6.92 Å². The predicted octanol–water partition coefficient (Wildman–Crippen LogP) is -1.10. The van der Waals surface area contributed by atoms with Gasteiger partial charge >= 0.3 is 5.69 Å². The monoisotopic (exact) mass is 446 g/mol. The summed E-state index contributed by atoms with van der Waals surface area (Å²) < 4.78 is 0. The highest BCUT2D eigenvalue weighted by Crippen LogP contribution is 2.55. The third-order valence-corrected chi connectivity index (χ3v) is 7.03. The highest BCUT2D eigenvalue weighted by molar-refractivity contribution is 6.31. The molecule has 1 aromatic rings. The molecule has 0 spiro atoms. The van der Waals surface area contributed by atoms with Gasteiger partial charge in [0.1, 0.15) is 0 Å². The van der Waals surface area contributed by atoms with Crippen molar-refractivity contribution in [3.8, 4) is 5.75 Å². The summed E-state index contributed by atoms with van der Waals surface area (Å²) in [6.07, 6.45) is -0.862.